The van der Waals surface area contributed by atoms with Gasteiger partial charge in [0.15, 0.2) is 6.10 Å². The Morgan fingerprint density at radius 2 is 1.97 bits per heavy atom. The number of aryl methyl sites for hydroxylation is 1. The van der Waals surface area contributed by atoms with Gasteiger partial charge in [-0.05, 0) is 56.5 Å². The standard InChI is InChI=1S/C24H28FN5O2S/c1-15-11-18(29-33-9-5-6-10-33)13-20-22(15)23(27-14-26-20)28-19-8-7-17(25)12-21(19)32-16(2)24(31)30(3)4/h7-8,11-14,16H,5-6,9-10H2,1-4H3,(H,26,27,28)/t16-/m1/s1. The normalized spacial score (nSPS) is 14.8. The molecule has 2 heterocycles. The van der Waals surface area contributed by atoms with Gasteiger partial charge < -0.3 is 15.0 Å². The summed E-state index contributed by atoms with van der Waals surface area (Å²) in [7, 11) is 3.40. The van der Waals surface area contributed by atoms with E-state index in [1.165, 1.54) is 36.2 Å². The van der Waals surface area contributed by atoms with Crippen LogP contribution in [0.3, 0.4) is 0 Å². The van der Waals surface area contributed by atoms with Gasteiger partial charge in [0.1, 0.15) is 23.7 Å². The van der Waals surface area contributed by atoms with Crippen LogP contribution in [0.25, 0.3) is 10.9 Å². The number of ether oxygens (including phenoxy) is 1. The van der Waals surface area contributed by atoms with E-state index in [0.29, 0.717) is 11.5 Å². The number of benzene rings is 2. The van der Waals surface area contributed by atoms with Crippen LogP contribution in [0.1, 0.15) is 25.3 Å². The van der Waals surface area contributed by atoms with E-state index >= 15 is 0 Å². The van der Waals surface area contributed by atoms with Gasteiger partial charge >= 0.3 is 0 Å². The Kier molecular flexibility index (Phi) is 6.88. The number of fused-ring (bicyclic) bond motifs is 1. The lowest BCUT2D eigenvalue weighted by Crippen LogP contribution is -2.35. The van der Waals surface area contributed by atoms with E-state index in [0.717, 1.165) is 33.7 Å². The third-order valence-corrected chi connectivity index (χ3v) is 7.44. The fourth-order valence-electron chi connectivity index (χ4n) is 3.83. The van der Waals surface area contributed by atoms with Gasteiger partial charge in [0.2, 0.25) is 0 Å². The molecule has 7 nitrogen and oxygen atoms in total. The molecule has 1 N–H and O–H groups in total. The summed E-state index contributed by atoms with van der Waals surface area (Å²) in [5.41, 5.74) is 3.24. The van der Waals surface area contributed by atoms with Crippen molar-refractivity contribution in [3.63, 3.8) is 0 Å². The van der Waals surface area contributed by atoms with E-state index in [2.05, 4.69) is 21.4 Å². The van der Waals surface area contributed by atoms with E-state index < -0.39 is 11.9 Å². The molecule has 1 aliphatic heterocycles. The molecule has 0 radical (unpaired) electrons. The number of carbonyl (C=O) groups is 1. The zero-order valence-electron chi connectivity index (χ0n) is 19.3. The molecular weight excluding hydrogens is 441 g/mol. The molecule has 3 aromatic rings. The third-order valence-electron chi connectivity index (χ3n) is 5.45. The molecule has 0 saturated carbocycles. The van der Waals surface area contributed by atoms with Gasteiger partial charge in [-0.15, -0.1) is 0 Å². The van der Waals surface area contributed by atoms with E-state index in [1.54, 1.807) is 27.1 Å². The van der Waals surface area contributed by atoms with Crippen LogP contribution in [0.2, 0.25) is 0 Å². The van der Waals surface area contributed by atoms with Crippen molar-refractivity contribution in [2.45, 2.75) is 32.8 Å². The summed E-state index contributed by atoms with van der Waals surface area (Å²) >= 11 is 0. The summed E-state index contributed by atoms with van der Waals surface area (Å²) in [6.07, 6.45) is 3.22. The lowest BCUT2D eigenvalue weighted by Gasteiger charge is -2.20. The molecule has 0 bridgehead atoms. The van der Waals surface area contributed by atoms with Gasteiger partial charge in [0.25, 0.3) is 5.91 Å². The summed E-state index contributed by atoms with van der Waals surface area (Å²) < 4.78 is 24.7. The molecule has 9 heteroatoms. The molecule has 1 fully saturated rings. The van der Waals surface area contributed by atoms with Crippen LogP contribution in [0, 0.1) is 12.7 Å². The van der Waals surface area contributed by atoms with Crippen molar-refractivity contribution >= 4 is 44.7 Å². The van der Waals surface area contributed by atoms with Crippen molar-refractivity contribution in [3.8, 4) is 5.75 Å². The molecule has 0 spiro atoms. The van der Waals surface area contributed by atoms with E-state index in [4.69, 9.17) is 9.10 Å². The number of nitrogens with one attached hydrogen (secondary N) is 1. The van der Waals surface area contributed by atoms with Crippen molar-refractivity contribution in [3.05, 3.63) is 48.0 Å². The second-order valence-corrected chi connectivity index (χ2v) is 10.2. The maximum atomic E-state index is 14.0. The minimum Gasteiger partial charge on any atom is -0.479 e. The Morgan fingerprint density at radius 3 is 2.70 bits per heavy atom. The molecule has 0 unspecified atom stereocenters. The van der Waals surface area contributed by atoms with Crippen LogP contribution in [-0.2, 0) is 15.5 Å². The summed E-state index contributed by atoms with van der Waals surface area (Å²) in [5, 5.41) is 4.11. The second-order valence-electron chi connectivity index (χ2n) is 8.31. The maximum Gasteiger partial charge on any atom is 0.262 e. The first-order chi connectivity index (χ1) is 15.8. The molecule has 33 heavy (non-hydrogen) atoms. The van der Waals surface area contributed by atoms with Crippen LogP contribution < -0.4 is 10.1 Å². The molecule has 1 amide bonds. The highest BCUT2D eigenvalue weighted by Gasteiger charge is 2.19. The van der Waals surface area contributed by atoms with Gasteiger partial charge in [-0.25, -0.2) is 18.7 Å². The summed E-state index contributed by atoms with van der Waals surface area (Å²) in [6.45, 7) is 3.64. The number of anilines is 2. The number of rotatable bonds is 6. The molecular formula is C24H28FN5O2S. The minimum absolute atomic E-state index is 0.0980. The highest BCUT2D eigenvalue weighted by molar-refractivity contribution is 7.87. The van der Waals surface area contributed by atoms with Gasteiger partial charge in [-0.3, -0.25) is 4.79 Å². The Morgan fingerprint density at radius 1 is 1.21 bits per heavy atom. The molecule has 1 atom stereocenters. The van der Waals surface area contributed by atoms with E-state index in [9.17, 15) is 9.18 Å². The number of hydrogen-bond acceptors (Lipinski definition) is 6. The number of hydrogen-bond donors (Lipinski definition) is 1. The monoisotopic (exact) mass is 469 g/mol. The highest BCUT2D eigenvalue weighted by atomic mass is 32.2. The quantitative estimate of drug-likeness (QED) is 0.555. The third kappa shape index (κ3) is 5.30. The first-order valence-electron chi connectivity index (χ1n) is 10.9. The molecule has 1 aliphatic rings. The van der Waals surface area contributed by atoms with Gasteiger partial charge in [-0.2, -0.15) is 0 Å². The fourth-order valence-corrected chi connectivity index (χ4v) is 5.69. The molecule has 174 valence electrons. The number of carbonyl (C=O) groups excluding carboxylic acids is 1. The van der Waals surface area contributed by atoms with Crippen molar-refractivity contribution in [1.82, 2.24) is 14.9 Å². The predicted octanol–water partition coefficient (Wildman–Crippen LogP) is 4.90. The molecule has 4 rings (SSSR count). The van der Waals surface area contributed by atoms with Gasteiger partial charge in [0.05, 0.1) is 16.9 Å². The lowest BCUT2D eigenvalue weighted by atomic mass is 10.1. The van der Waals surface area contributed by atoms with E-state index in [1.807, 2.05) is 13.0 Å². The van der Waals surface area contributed by atoms with Gasteiger partial charge in [0, 0.05) is 37.1 Å². The van der Waals surface area contributed by atoms with Crippen molar-refractivity contribution in [1.29, 1.82) is 0 Å². The largest absolute Gasteiger partial charge is 0.479 e. The molecule has 1 saturated heterocycles. The number of nitrogens with zero attached hydrogens (tertiary/aromatic N) is 4. The maximum absolute atomic E-state index is 14.0. The minimum atomic E-state index is -0.771. The second kappa shape index (κ2) is 9.82. The van der Waals surface area contributed by atoms with Crippen LogP contribution in [0.15, 0.2) is 41.0 Å². The van der Waals surface area contributed by atoms with Crippen LogP contribution >= 0.6 is 0 Å². The van der Waals surface area contributed by atoms with Gasteiger partial charge in [-0.1, -0.05) is 10.7 Å². The van der Waals surface area contributed by atoms with Crippen molar-refractivity contribution < 1.29 is 13.9 Å². The summed E-state index contributed by atoms with van der Waals surface area (Å²) in [6, 6.07) is 8.22. The lowest BCUT2D eigenvalue weighted by molar-refractivity contribution is -0.135. The fraction of sp³-hybridized carbons (Fsp3) is 0.375. The average Bonchev–Trinajstić information content (AvgIpc) is 3.27. The number of halogens is 1. The zero-order chi connectivity index (χ0) is 23.5. The topological polar surface area (TPSA) is 79.7 Å². The van der Waals surface area contributed by atoms with Crippen LogP contribution in [0.5, 0.6) is 5.75 Å². The summed E-state index contributed by atoms with van der Waals surface area (Å²) in [5.74, 6) is 2.47. The van der Waals surface area contributed by atoms with E-state index in [-0.39, 0.29) is 22.3 Å². The Labute approximate surface area is 195 Å². The number of likely N-dealkylation sites (N-methyl/N-ethyl adjacent to an activating group) is 1. The smallest absolute Gasteiger partial charge is 0.262 e. The Bertz CT molecular complexity index is 1220. The first kappa shape index (κ1) is 23.1. The van der Waals surface area contributed by atoms with Crippen molar-refractivity contribution in [2.75, 3.05) is 30.9 Å². The molecule has 1 aromatic heterocycles. The SMILES string of the molecule is Cc1cc(N=S2CCCC2)cc2ncnc(Nc3ccc(F)cc3O[C@H](C)C(=O)N(C)C)c12. The zero-order valence-corrected chi connectivity index (χ0v) is 20.1. The molecule has 2 aromatic carbocycles. The average molecular weight is 470 g/mol. The predicted molar refractivity (Wildman–Crippen MR) is 131 cm³/mol. The van der Waals surface area contributed by atoms with Crippen LogP contribution in [0.4, 0.5) is 21.6 Å². The highest BCUT2D eigenvalue weighted by Crippen LogP contribution is 2.34. The first-order valence-corrected chi connectivity index (χ1v) is 12.4. The van der Waals surface area contributed by atoms with Crippen LogP contribution in [-0.4, -0.2) is 52.5 Å². The van der Waals surface area contributed by atoms with Crippen molar-refractivity contribution in [2.24, 2.45) is 4.36 Å². The Hall–Kier alpha value is -3.07. The Balaban J connectivity index is 1.68. The summed E-state index contributed by atoms with van der Waals surface area (Å²) in [4.78, 5) is 22.6. The number of aromatic nitrogens is 2. The number of amides is 1. The molecule has 0 aliphatic carbocycles.